The third-order valence-corrected chi connectivity index (χ3v) is 6.63. The standard InChI is InChI=1S/C23H19F2N3O2S2/c1-31-18-11-7-15(8-12-18)20-21(23(24)25)27-28(17-5-3-2-4-6-17)22(20)16-9-13-19(14-10-16)32(26,29)30/h2-14,23H,1H3,(H2,26,29,30). The summed E-state index contributed by atoms with van der Waals surface area (Å²) in [6.07, 6.45) is -0.872. The second-order valence-electron chi connectivity index (χ2n) is 6.95. The van der Waals surface area contributed by atoms with E-state index in [1.807, 2.05) is 24.5 Å². The Balaban J connectivity index is 2.02. The van der Waals surface area contributed by atoms with Gasteiger partial charge in [-0.05, 0) is 48.2 Å². The van der Waals surface area contributed by atoms with E-state index in [1.165, 1.54) is 16.8 Å². The highest BCUT2D eigenvalue weighted by Crippen LogP contribution is 2.41. The van der Waals surface area contributed by atoms with Gasteiger partial charge in [-0.3, -0.25) is 0 Å². The van der Waals surface area contributed by atoms with E-state index in [0.29, 0.717) is 28.1 Å². The molecule has 0 aliphatic carbocycles. The SMILES string of the molecule is CSc1ccc(-c2c(C(F)F)nn(-c3ccccc3)c2-c2ccc(S(N)(=O)=O)cc2)cc1. The number of hydrogen-bond donors (Lipinski definition) is 1. The molecule has 0 fully saturated rings. The van der Waals surface area contributed by atoms with Crippen LogP contribution < -0.4 is 5.14 Å². The van der Waals surface area contributed by atoms with Crippen LogP contribution in [0.2, 0.25) is 0 Å². The van der Waals surface area contributed by atoms with Gasteiger partial charge < -0.3 is 0 Å². The maximum Gasteiger partial charge on any atom is 0.282 e. The van der Waals surface area contributed by atoms with Crippen molar-refractivity contribution in [1.29, 1.82) is 0 Å². The van der Waals surface area contributed by atoms with Crippen molar-refractivity contribution in [3.63, 3.8) is 0 Å². The van der Waals surface area contributed by atoms with E-state index in [2.05, 4.69) is 5.10 Å². The average molecular weight is 472 g/mol. The number of rotatable bonds is 6. The molecule has 0 spiro atoms. The molecule has 164 valence electrons. The molecule has 0 bridgehead atoms. The Morgan fingerprint density at radius 1 is 0.906 bits per heavy atom. The number of nitrogens with two attached hydrogens (primary N) is 1. The van der Waals surface area contributed by atoms with E-state index in [1.54, 1.807) is 60.3 Å². The first kappa shape index (κ1) is 22.2. The van der Waals surface area contributed by atoms with Crippen LogP contribution in [0.5, 0.6) is 0 Å². The van der Waals surface area contributed by atoms with Crippen LogP contribution in [-0.2, 0) is 10.0 Å². The fraction of sp³-hybridized carbons (Fsp3) is 0.0870. The molecule has 0 saturated heterocycles. The smallest absolute Gasteiger partial charge is 0.232 e. The number of sulfonamides is 1. The molecule has 4 rings (SSSR count). The molecule has 0 atom stereocenters. The minimum atomic E-state index is -3.89. The molecule has 5 nitrogen and oxygen atoms in total. The Morgan fingerprint density at radius 3 is 2.03 bits per heavy atom. The van der Waals surface area contributed by atoms with Gasteiger partial charge in [-0.25, -0.2) is 27.0 Å². The van der Waals surface area contributed by atoms with Gasteiger partial charge in [-0.1, -0.05) is 42.5 Å². The van der Waals surface area contributed by atoms with Gasteiger partial charge in [-0.2, -0.15) is 5.10 Å². The quantitative estimate of drug-likeness (QED) is 0.376. The molecule has 0 unspecified atom stereocenters. The molecule has 1 aromatic heterocycles. The van der Waals surface area contributed by atoms with Gasteiger partial charge >= 0.3 is 0 Å². The van der Waals surface area contributed by atoms with Crippen LogP contribution >= 0.6 is 11.8 Å². The summed E-state index contributed by atoms with van der Waals surface area (Å²) in [5.41, 5.74) is 2.10. The van der Waals surface area contributed by atoms with E-state index >= 15 is 0 Å². The lowest BCUT2D eigenvalue weighted by Gasteiger charge is -2.12. The number of nitrogens with zero attached hydrogens (tertiary/aromatic N) is 2. The zero-order valence-corrected chi connectivity index (χ0v) is 18.6. The van der Waals surface area contributed by atoms with E-state index in [-0.39, 0.29) is 10.6 Å². The van der Waals surface area contributed by atoms with E-state index in [9.17, 15) is 17.2 Å². The van der Waals surface area contributed by atoms with Crippen molar-refractivity contribution in [2.45, 2.75) is 16.2 Å². The third kappa shape index (κ3) is 4.32. The number of thioether (sulfide) groups is 1. The minimum Gasteiger partial charge on any atom is -0.232 e. The van der Waals surface area contributed by atoms with E-state index < -0.39 is 16.4 Å². The minimum absolute atomic E-state index is 0.0630. The lowest BCUT2D eigenvalue weighted by atomic mass is 9.98. The molecule has 0 amide bonds. The van der Waals surface area contributed by atoms with Crippen LogP contribution in [0.15, 0.2) is 88.7 Å². The summed E-state index contributed by atoms with van der Waals surface area (Å²) in [5.74, 6) is 0. The predicted molar refractivity (Wildman–Crippen MR) is 123 cm³/mol. The maximum absolute atomic E-state index is 14.1. The molecule has 4 aromatic rings. The van der Waals surface area contributed by atoms with Crippen LogP contribution in [0.1, 0.15) is 12.1 Å². The van der Waals surface area contributed by atoms with Crippen LogP contribution in [0, 0.1) is 0 Å². The number of para-hydroxylation sites is 1. The Labute approximate surface area is 188 Å². The van der Waals surface area contributed by atoms with Crippen LogP contribution in [0.25, 0.3) is 28.1 Å². The number of primary sulfonamides is 1. The molecule has 1 heterocycles. The summed E-state index contributed by atoms with van der Waals surface area (Å²) in [5, 5.41) is 9.48. The molecule has 32 heavy (non-hydrogen) atoms. The zero-order valence-electron chi connectivity index (χ0n) is 16.9. The number of alkyl halides is 2. The summed E-state index contributed by atoms with van der Waals surface area (Å²) < 4.78 is 53.1. The normalized spacial score (nSPS) is 11.8. The third-order valence-electron chi connectivity index (χ3n) is 4.95. The molecule has 0 radical (unpaired) electrons. The van der Waals surface area contributed by atoms with Crippen molar-refractivity contribution >= 4 is 21.8 Å². The van der Waals surface area contributed by atoms with E-state index in [4.69, 9.17) is 5.14 Å². The largest absolute Gasteiger partial charge is 0.282 e. The fourth-order valence-electron chi connectivity index (χ4n) is 3.46. The number of halogens is 2. The average Bonchev–Trinajstić information content (AvgIpc) is 3.20. The first-order valence-electron chi connectivity index (χ1n) is 9.53. The van der Waals surface area contributed by atoms with Gasteiger partial charge in [0.15, 0.2) is 0 Å². The van der Waals surface area contributed by atoms with Crippen molar-refractivity contribution in [3.05, 3.63) is 84.6 Å². The number of hydrogen-bond acceptors (Lipinski definition) is 4. The summed E-state index contributed by atoms with van der Waals surface area (Å²) in [4.78, 5) is 0.939. The van der Waals surface area contributed by atoms with Crippen molar-refractivity contribution in [3.8, 4) is 28.1 Å². The van der Waals surface area contributed by atoms with Crippen molar-refractivity contribution in [2.24, 2.45) is 5.14 Å². The Hall–Kier alpha value is -3.01. The van der Waals surface area contributed by atoms with Crippen LogP contribution in [0.3, 0.4) is 0 Å². The number of aromatic nitrogens is 2. The topological polar surface area (TPSA) is 78.0 Å². The first-order chi connectivity index (χ1) is 15.3. The zero-order chi connectivity index (χ0) is 22.9. The molecule has 0 saturated carbocycles. The monoisotopic (exact) mass is 471 g/mol. The van der Waals surface area contributed by atoms with Gasteiger partial charge in [0.2, 0.25) is 10.0 Å². The fourth-order valence-corrected chi connectivity index (χ4v) is 4.38. The summed E-state index contributed by atoms with van der Waals surface area (Å²) in [7, 11) is -3.89. The van der Waals surface area contributed by atoms with Gasteiger partial charge in [0.25, 0.3) is 6.43 Å². The van der Waals surface area contributed by atoms with Crippen LogP contribution in [-0.4, -0.2) is 24.5 Å². The highest BCUT2D eigenvalue weighted by molar-refractivity contribution is 7.98. The predicted octanol–water partition coefficient (Wildman–Crippen LogP) is 5.51. The van der Waals surface area contributed by atoms with Gasteiger partial charge in [0.1, 0.15) is 5.69 Å². The Kier molecular flexibility index (Phi) is 6.14. The molecule has 9 heteroatoms. The van der Waals surface area contributed by atoms with Crippen molar-refractivity contribution in [1.82, 2.24) is 9.78 Å². The molecular formula is C23H19F2N3O2S2. The summed E-state index contributed by atoms with van der Waals surface area (Å²) in [6, 6.07) is 22.0. The summed E-state index contributed by atoms with van der Waals surface area (Å²) >= 11 is 1.55. The molecule has 2 N–H and O–H groups in total. The maximum atomic E-state index is 14.1. The molecule has 3 aromatic carbocycles. The van der Waals surface area contributed by atoms with Crippen molar-refractivity contribution < 1.29 is 17.2 Å². The van der Waals surface area contributed by atoms with Gasteiger partial charge in [0, 0.05) is 16.0 Å². The van der Waals surface area contributed by atoms with Gasteiger partial charge in [0.05, 0.1) is 16.3 Å². The highest BCUT2D eigenvalue weighted by Gasteiger charge is 2.27. The number of benzene rings is 3. The lowest BCUT2D eigenvalue weighted by Crippen LogP contribution is -2.11. The van der Waals surface area contributed by atoms with Crippen LogP contribution in [0.4, 0.5) is 8.78 Å². The molecular weight excluding hydrogens is 452 g/mol. The summed E-state index contributed by atoms with van der Waals surface area (Å²) in [6.45, 7) is 0. The molecule has 0 aliphatic heterocycles. The molecule has 0 aliphatic rings. The second-order valence-corrected chi connectivity index (χ2v) is 9.40. The van der Waals surface area contributed by atoms with Crippen molar-refractivity contribution in [2.75, 3.05) is 6.26 Å². The second kappa shape index (κ2) is 8.85. The van der Waals surface area contributed by atoms with Gasteiger partial charge in [-0.15, -0.1) is 11.8 Å². The highest BCUT2D eigenvalue weighted by atomic mass is 32.2. The Morgan fingerprint density at radius 2 is 1.50 bits per heavy atom. The van der Waals surface area contributed by atoms with E-state index in [0.717, 1.165) is 4.90 Å². The first-order valence-corrected chi connectivity index (χ1v) is 12.3. The lowest BCUT2D eigenvalue weighted by molar-refractivity contribution is 0.146. The Bertz CT molecular complexity index is 1340.